The van der Waals surface area contributed by atoms with E-state index in [1.165, 1.54) is 0 Å². The average molecular weight is 318 g/mol. The molecule has 0 bridgehead atoms. The third-order valence-electron chi connectivity index (χ3n) is 4.53. The van der Waals surface area contributed by atoms with Crippen LogP contribution in [0, 0.1) is 0 Å². The molecule has 5 nitrogen and oxygen atoms in total. The van der Waals surface area contributed by atoms with Crippen LogP contribution in [0.5, 0.6) is 0 Å². The Labute approximate surface area is 140 Å². The molecule has 0 aliphatic carbocycles. The van der Waals surface area contributed by atoms with Crippen LogP contribution in [0.3, 0.4) is 0 Å². The number of nitrogens with zero attached hydrogens (tertiary/aromatic N) is 3. The number of hydrogen-bond donors (Lipinski definition) is 1. The summed E-state index contributed by atoms with van der Waals surface area (Å²) in [6.07, 6.45) is 7.36. The maximum absolute atomic E-state index is 12.9. The molecule has 1 amide bonds. The van der Waals surface area contributed by atoms with Crippen LogP contribution in [0.4, 0.5) is 0 Å². The molecule has 2 aromatic heterocycles. The molecule has 1 N–H and O–H groups in total. The molecule has 1 saturated heterocycles. The molecule has 3 heterocycles. The van der Waals surface area contributed by atoms with E-state index in [1.54, 1.807) is 12.4 Å². The van der Waals surface area contributed by atoms with Crippen molar-refractivity contribution in [3.63, 3.8) is 0 Å². The van der Waals surface area contributed by atoms with Gasteiger partial charge in [-0.15, -0.1) is 0 Å². The van der Waals surface area contributed by atoms with Gasteiger partial charge < -0.3 is 4.90 Å². The number of hydrogen-bond acceptors (Lipinski definition) is 3. The van der Waals surface area contributed by atoms with Gasteiger partial charge in [0, 0.05) is 30.7 Å². The van der Waals surface area contributed by atoms with Gasteiger partial charge in [-0.05, 0) is 48.2 Å². The Hall–Kier alpha value is -2.95. The second-order valence-corrected chi connectivity index (χ2v) is 5.99. The number of benzene rings is 1. The summed E-state index contributed by atoms with van der Waals surface area (Å²) in [6.45, 7) is 0.792. The molecule has 0 saturated carbocycles. The first-order chi connectivity index (χ1) is 11.8. The van der Waals surface area contributed by atoms with Crippen LogP contribution < -0.4 is 0 Å². The van der Waals surface area contributed by atoms with Crippen molar-refractivity contribution in [1.82, 2.24) is 20.1 Å². The van der Waals surface area contributed by atoms with Crippen LogP contribution in [-0.4, -0.2) is 32.5 Å². The van der Waals surface area contributed by atoms with E-state index >= 15 is 0 Å². The van der Waals surface area contributed by atoms with Crippen molar-refractivity contribution in [2.24, 2.45) is 0 Å². The molecule has 24 heavy (non-hydrogen) atoms. The molecule has 0 radical (unpaired) electrons. The Morgan fingerprint density at radius 3 is 2.71 bits per heavy atom. The van der Waals surface area contributed by atoms with E-state index in [2.05, 4.69) is 15.2 Å². The summed E-state index contributed by atoms with van der Waals surface area (Å²) >= 11 is 0. The van der Waals surface area contributed by atoms with Gasteiger partial charge in [0.2, 0.25) is 0 Å². The molecule has 1 aliphatic heterocycles. The van der Waals surface area contributed by atoms with Gasteiger partial charge >= 0.3 is 0 Å². The third-order valence-corrected chi connectivity index (χ3v) is 4.53. The maximum atomic E-state index is 12.9. The Balaban J connectivity index is 1.56. The first-order valence-corrected chi connectivity index (χ1v) is 8.13. The monoisotopic (exact) mass is 318 g/mol. The van der Waals surface area contributed by atoms with Crippen LogP contribution >= 0.6 is 0 Å². The van der Waals surface area contributed by atoms with Gasteiger partial charge in [0.15, 0.2) is 0 Å². The number of carbonyl (C=O) groups excluding carboxylic acids is 1. The summed E-state index contributed by atoms with van der Waals surface area (Å²) < 4.78 is 0. The summed E-state index contributed by atoms with van der Waals surface area (Å²) in [5.41, 5.74) is 3.80. The molecule has 120 valence electrons. The largest absolute Gasteiger partial charge is 0.332 e. The SMILES string of the molecule is O=C(c1ccc(-c2ccn[nH]2)cc1)N1CCC[C@@H]1c1cccnc1. The van der Waals surface area contributed by atoms with E-state index in [-0.39, 0.29) is 11.9 Å². The first-order valence-electron chi connectivity index (χ1n) is 8.13. The van der Waals surface area contributed by atoms with Crippen LogP contribution in [0.1, 0.15) is 34.8 Å². The number of nitrogens with one attached hydrogen (secondary N) is 1. The first kappa shape index (κ1) is 14.6. The van der Waals surface area contributed by atoms with Crippen molar-refractivity contribution in [2.45, 2.75) is 18.9 Å². The summed E-state index contributed by atoms with van der Waals surface area (Å²) in [5.74, 6) is 0.0810. The van der Waals surface area contributed by atoms with Crippen molar-refractivity contribution in [1.29, 1.82) is 0 Å². The van der Waals surface area contributed by atoms with Gasteiger partial charge in [0.1, 0.15) is 0 Å². The molecule has 5 heteroatoms. The highest BCUT2D eigenvalue weighted by Gasteiger charge is 2.30. The van der Waals surface area contributed by atoms with E-state index in [0.717, 1.165) is 36.2 Å². The molecule has 4 rings (SSSR count). The second kappa shape index (κ2) is 6.28. The van der Waals surface area contributed by atoms with Crippen molar-refractivity contribution in [2.75, 3.05) is 6.54 Å². The summed E-state index contributed by atoms with van der Waals surface area (Å²) in [6, 6.07) is 13.7. The quantitative estimate of drug-likeness (QED) is 0.804. The van der Waals surface area contributed by atoms with Crippen LogP contribution in [0.15, 0.2) is 61.1 Å². The molecular formula is C19H18N4O. The van der Waals surface area contributed by atoms with E-state index in [4.69, 9.17) is 0 Å². The number of H-pyrrole nitrogens is 1. The average Bonchev–Trinajstić information content (AvgIpc) is 3.34. The zero-order chi connectivity index (χ0) is 16.4. The molecule has 0 unspecified atom stereocenters. The molecule has 1 atom stereocenters. The van der Waals surface area contributed by atoms with Crippen LogP contribution in [0.2, 0.25) is 0 Å². The lowest BCUT2D eigenvalue weighted by molar-refractivity contribution is 0.0735. The molecule has 1 aliphatic rings. The van der Waals surface area contributed by atoms with Crippen molar-refractivity contribution in [3.05, 3.63) is 72.2 Å². The zero-order valence-corrected chi connectivity index (χ0v) is 13.2. The molecule has 1 aromatic carbocycles. The highest BCUT2D eigenvalue weighted by atomic mass is 16.2. The third kappa shape index (κ3) is 2.69. The Bertz CT molecular complexity index is 812. The number of pyridine rings is 1. The van der Waals surface area contributed by atoms with Crippen LogP contribution in [0.25, 0.3) is 11.3 Å². The molecular weight excluding hydrogens is 300 g/mol. The normalized spacial score (nSPS) is 17.2. The molecule has 0 spiro atoms. The molecule has 3 aromatic rings. The fourth-order valence-electron chi connectivity index (χ4n) is 3.30. The van der Waals surface area contributed by atoms with Crippen molar-refractivity contribution < 1.29 is 4.79 Å². The smallest absolute Gasteiger partial charge is 0.254 e. The number of aromatic amines is 1. The predicted octanol–water partition coefficient (Wildman–Crippen LogP) is 3.45. The minimum absolute atomic E-state index is 0.0810. The summed E-state index contributed by atoms with van der Waals surface area (Å²) in [7, 11) is 0. The summed E-state index contributed by atoms with van der Waals surface area (Å²) in [4.78, 5) is 19.1. The highest BCUT2D eigenvalue weighted by Crippen LogP contribution is 2.32. The van der Waals surface area contributed by atoms with E-state index in [1.807, 2.05) is 53.6 Å². The number of rotatable bonds is 3. The lowest BCUT2D eigenvalue weighted by atomic mass is 10.1. The van der Waals surface area contributed by atoms with Gasteiger partial charge in [-0.2, -0.15) is 5.10 Å². The van der Waals surface area contributed by atoms with E-state index in [9.17, 15) is 4.79 Å². The van der Waals surface area contributed by atoms with Crippen molar-refractivity contribution >= 4 is 5.91 Å². The number of amides is 1. The minimum Gasteiger partial charge on any atom is -0.332 e. The second-order valence-electron chi connectivity index (χ2n) is 5.99. The minimum atomic E-state index is 0.0810. The van der Waals surface area contributed by atoms with Crippen LogP contribution in [-0.2, 0) is 0 Å². The number of carbonyl (C=O) groups is 1. The predicted molar refractivity (Wildman–Crippen MR) is 91.3 cm³/mol. The Morgan fingerprint density at radius 2 is 2.00 bits per heavy atom. The lowest BCUT2D eigenvalue weighted by Gasteiger charge is -2.25. The van der Waals surface area contributed by atoms with E-state index in [0.29, 0.717) is 5.56 Å². The maximum Gasteiger partial charge on any atom is 0.254 e. The van der Waals surface area contributed by atoms with Gasteiger partial charge in [0.05, 0.1) is 11.7 Å². The lowest BCUT2D eigenvalue weighted by Crippen LogP contribution is -2.30. The van der Waals surface area contributed by atoms with Gasteiger partial charge in [0.25, 0.3) is 5.91 Å². The molecule has 1 fully saturated rings. The van der Waals surface area contributed by atoms with Gasteiger partial charge in [-0.25, -0.2) is 0 Å². The fourth-order valence-corrected chi connectivity index (χ4v) is 3.30. The standard InChI is InChI=1S/C19H18N4O/c24-19(15-7-5-14(6-8-15)17-9-11-21-22-17)23-12-2-4-18(23)16-3-1-10-20-13-16/h1,3,5-11,13,18H,2,4,12H2,(H,21,22)/t18-/m1/s1. The summed E-state index contributed by atoms with van der Waals surface area (Å²) in [5, 5.41) is 6.89. The van der Waals surface area contributed by atoms with Gasteiger partial charge in [-0.3, -0.25) is 14.9 Å². The topological polar surface area (TPSA) is 61.9 Å². The van der Waals surface area contributed by atoms with Crippen molar-refractivity contribution in [3.8, 4) is 11.3 Å². The van der Waals surface area contributed by atoms with E-state index < -0.39 is 0 Å². The highest BCUT2D eigenvalue weighted by molar-refractivity contribution is 5.95. The number of aromatic nitrogens is 3. The zero-order valence-electron chi connectivity index (χ0n) is 13.2. The Kier molecular flexibility index (Phi) is 3.83. The van der Waals surface area contributed by atoms with Gasteiger partial charge in [-0.1, -0.05) is 18.2 Å². The number of likely N-dealkylation sites (tertiary alicyclic amines) is 1. The Morgan fingerprint density at radius 1 is 1.12 bits per heavy atom. The fraction of sp³-hybridized carbons (Fsp3) is 0.211.